The van der Waals surface area contributed by atoms with E-state index in [4.69, 9.17) is 0 Å². The van der Waals surface area contributed by atoms with Crippen LogP contribution in [0.25, 0.3) is 0 Å². The minimum atomic E-state index is -0.342. The van der Waals surface area contributed by atoms with E-state index in [1.54, 1.807) is 12.1 Å². The zero-order chi connectivity index (χ0) is 13.9. The number of carbonyl (C=O) groups is 2. The summed E-state index contributed by atoms with van der Waals surface area (Å²) in [6.07, 6.45) is 6.23. The molecule has 0 bridgehead atoms. The highest BCUT2D eigenvalue weighted by Crippen LogP contribution is 2.24. The standard InChI is InChI=1S/C16H20N2O2/c19-15-11-14(17-12-7-3-1-4-8-12)16(20)18(15)13-9-5-2-6-10-13/h2,5-6,9-10,12,14,17H,1,3-4,7-8,11H2/t14-/m0/s1. The number of hydrogen-bond donors (Lipinski definition) is 1. The number of anilines is 1. The summed E-state index contributed by atoms with van der Waals surface area (Å²) < 4.78 is 0. The third kappa shape index (κ3) is 2.61. The fraction of sp³-hybridized carbons (Fsp3) is 0.500. The molecule has 0 spiro atoms. The molecule has 20 heavy (non-hydrogen) atoms. The van der Waals surface area contributed by atoms with Crippen molar-refractivity contribution >= 4 is 17.5 Å². The lowest BCUT2D eigenvalue weighted by molar-refractivity contribution is -0.121. The van der Waals surface area contributed by atoms with E-state index in [0.717, 1.165) is 12.8 Å². The van der Waals surface area contributed by atoms with Crippen LogP contribution in [0.2, 0.25) is 0 Å². The Bertz CT molecular complexity index is 494. The Hall–Kier alpha value is -1.68. The molecule has 0 aromatic heterocycles. The van der Waals surface area contributed by atoms with E-state index >= 15 is 0 Å². The van der Waals surface area contributed by atoms with Crippen LogP contribution in [-0.4, -0.2) is 23.9 Å². The zero-order valence-electron chi connectivity index (χ0n) is 11.5. The van der Waals surface area contributed by atoms with Gasteiger partial charge in [-0.05, 0) is 25.0 Å². The third-order valence-corrected chi connectivity index (χ3v) is 4.20. The quantitative estimate of drug-likeness (QED) is 0.859. The number of hydrogen-bond acceptors (Lipinski definition) is 3. The maximum atomic E-state index is 12.4. The molecular formula is C16H20N2O2. The highest BCUT2D eigenvalue weighted by atomic mass is 16.2. The van der Waals surface area contributed by atoms with Gasteiger partial charge in [0.15, 0.2) is 0 Å². The SMILES string of the molecule is O=C1C[C@H](NC2CCCCC2)C(=O)N1c1ccccc1. The number of para-hydroxylation sites is 1. The van der Waals surface area contributed by atoms with E-state index in [1.807, 2.05) is 18.2 Å². The molecule has 2 aliphatic rings. The number of rotatable bonds is 3. The van der Waals surface area contributed by atoms with Crippen LogP contribution in [0.15, 0.2) is 30.3 Å². The summed E-state index contributed by atoms with van der Waals surface area (Å²) in [7, 11) is 0. The number of imide groups is 1. The lowest BCUT2D eigenvalue weighted by atomic mass is 9.95. The van der Waals surface area contributed by atoms with Gasteiger partial charge in [0.2, 0.25) is 5.91 Å². The molecule has 1 saturated heterocycles. The Morgan fingerprint density at radius 3 is 2.40 bits per heavy atom. The van der Waals surface area contributed by atoms with Crippen molar-refractivity contribution in [2.75, 3.05) is 4.90 Å². The fourth-order valence-electron chi connectivity index (χ4n) is 3.16. The summed E-state index contributed by atoms with van der Waals surface area (Å²) in [6.45, 7) is 0. The molecule has 4 heteroatoms. The monoisotopic (exact) mass is 272 g/mol. The van der Waals surface area contributed by atoms with E-state index < -0.39 is 0 Å². The molecule has 1 aliphatic carbocycles. The van der Waals surface area contributed by atoms with Gasteiger partial charge in [0.05, 0.1) is 18.2 Å². The second-order valence-corrected chi connectivity index (χ2v) is 5.66. The minimum absolute atomic E-state index is 0.102. The maximum absolute atomic E-state index is 12.4. The largest absolute Gasteiger partial charge is 0.303 e. The average Bonchev–Trinajstić information content (AvgIpc) is 2.75. The first-order valence-electron chi connectivity index (χ1n) is 7.43. The van der Waals surface area contributed by atoms with Crippen LogP contribution in [0.5, 0.6) is 0 Å². The predicted octanol–water partition coefficient (Wildman–Crippen LogP) is 2.24. The smallest absolute Gasteiger partial charge is 0.251 e. The van der Waals surface area contributed by atoms with Crippen molar-refractivity contribution in [1.29, 1.82) is 0 Å². The normalized spacial score (nSPS) is 24.4. The number of carbonyl (C=O) groups excluding carboxylic acids is 2. The first-order valence-corrected chi connectivity index (χ1v) is 7.43. The van der Waals surface area contributed by atoms with Gasteiger partial charge in [0.25, 0.3) is 5.91 Å². The lowest BCUT2D eigenvalue weighted by Gasteiger charge is -2.25. The summed E-state index contributed by atoms with van der Waals surface area (Å²) in [4.78, 5) is 25.9. The van der Waals surface area contributed by atoms with Crippen LogP contribution in [0.3, 0.4) is 0 Å². The molecule has 1 atom stereocenters. The summed E-state index contributed by atoms with van der Waals surface area (Å²) in [5.74, 6) is -0.207. The molecule has 1 aromatic carbocycles. The molecule has 106 valence electrons. The molecule has 0 radical (unpaired) electrons. The Kier molecular flexibility index (Phi) is 3.83. The van der Waals surface area contributed by atoms with Gasteiger partial charge >= 0.3 is 0 Å². The van der Waals surface area contributed by atoms with Gasteiger partial charge in [-0.2, -0.15) is 0 Å². The van der Waals surface area contributed by atoms with E-state index in [0.29, 0.717) is 11.7 Å². The van der Waals surface area contributed by atoms with Crippen molar-refractivity contribution in [1.82, 2.24) is 5.32 Å². The lowest BCUT2D eigenvalue weighted by Crippen LogP contribution is -2.44. The molecule has 2 fully saturated rings. The molecule has 1 N–H and O–H groups in total. The van der Waals surface area contributed by atoms with E-state index in [-0.39, 0.29) is 24.3 Å². The van der Waals surface area contributed by atoms with Crippen molar-refractivity contribution in [3.63, 3.8) is 0 Å². The molecule has 1 aromatic rings. The van der Waals surface area contributed by atoms with Gasteiger partial charge in [-0.3, -0.25) is 9.59 Å². The summed E-state index contributed by atoms with van der Waals surface area (Å²) in [5.41, 5.74) is 0.676. The molecule has 1 aliphatic heterocycles. The van der Waals surface area contributed by atoms with Gasteiger partial charge in [0.1, 0.15) is 0 Å². The topological polar surface area (TPSA) is 49.4 Å². The first-order chi connectivity index (χ1) is 9.75. The van der Waals surface area contributed by atoms with Gasteiger partial charge in [-0.15, -0.1) is 0 Å². The van der Waals surface area contributed by atoms with Gasteiger partial charge in [-0.1, -0.05) is 37.5 Å². The Balaban J connectivity index is 1.70. The van der Waals surface area contributed by atoms with Crippen LogP contribution < -0.4 is 10.2 Å². The number of amides is 2. The number of nitrogens with one attached hydrogen (secondary N) is 1. The Labute approximate surface area is 119 Å². The van der Waals surface area contributed by atoms with Gasteiger partial charge in [-0.25, -0.2) is 4.90 Å². The predicted molar refractivity (Wildman–Crippen MR) is 77.3 cm³/mol. The first kappa shape index (κ1) is 13.3. The molecule has 1 heterocycles. The van der Waals surface area contributed by atoms with Crippen molar-refractivity contribution in [2.45, 2.75) is 50.6 Å². The van der Waals surface area contributed by atoms with E-state index in [2.05, 4.69) is 5.32 Å². The van der Waals surface area contributed by atoms with Gasteiger partial charge < -0.3 is 5.32 Å². The van der Waals surface area contributed by atoms with E-state index in [1.165, 1.54) is 24.2 Å². The summed E-state index contributed by atoms with van der Waals surface area (Å²) >= 11 is 0. The summed E-state index contributed by atoms with van der Waals surface area (Å²) in [5, 5.41) is 3.39. The highest BCUT2D eigenvalue weighted by Gasteiger charge is 2.40. The van der Waals surface area contributed by atoms with Crippen molar-refractivity contribution in [3.8, 4) is 0 Å². The molecular weight excluding hydrogens is 252 g/mol. The highest BCUT2D eigenvalue weighted by molar-refractivity contribution is 6.22. The zero-order valence-corrected chi connectivity index (χ0v) is 11.5. The molecule has 3 rings (SSSR count). The van der Waals surface area contributed by atoms with Crippen molar-refractivity contribution < 1.29 is 9.59 Å². The van der Waals surface area contributed by atoms with E-state index in [9.17, 15) is 9.59 Å². The molecule has 4 nitrogen and oxygen atoms in total. The fourth-order valence-corrected chi connectivity index (χ4v) is 3.16. The number of benzene rings is 1. The van der Waals surface area contributed by atoms with Crippen LogP contribution in [0.4, 0.5) is 5.69 Å². The van der Waals surface area contributed by atoms with Crippen LogP contribution in [-0.2, 0) is 9.59 Å². The maximum Gasteiger partial charge on any atom is 0.251 e. The average molecular weight is 272 g/mol. The van der Waals surface area contributed by atoms with Crippen LogP contribution in [0.1, 0.15) is 38.5 Å². The summed E-state index contributed by atoms with van der Waals surface area (Å²) in [6, 6.07) is 9.23. The third-order valence-electron chi connectivity index (χ3n) is 4.20. The minimum Gasteiger partial charge on any atom is -0.303 e. The van der Waals surface area contributed by atoms with Crippen molar-refractivity contribution in [3.05, 3.63) is 30.3 Å². The van der Waals surface area contributed by atoms with Crippen LogP contribution >= 0.6 is 0 Å². The number of nitrogens with zero attached hydrogens (tertiary/aromatic N) is 1. The Morgan fingerprint density at radius 2 is 1.70 bits per heavy atom. The molecule has 1 saturated carbocycles. The second kappa shape index (κ2) is 5.75. The van der Waals surface area contributed by atoms with Crippen LogP contribution in [0, 0.1) is 0 Å². The molecule has 0 unspecified atom stereocenters. The van der Waals surface area contributed by atoms with Gasteiger partial charge in [0, 0.05) is 6.04 Å². The molecule has 2 amide bonds. The second-order valence-electron chi connectivity index (χ2n) is 5.66. The van der Waals surface area contributed by atoms with Crippen molar-refractivity contribution in [2.24, 2.45) is 0 Å². The Morgan fingerprint density at radius 1 is 1.00 bits per heavy atom.